The molecule has 0 spiro atoms. The van der Waals surface area contributed by atoms with Gasteiger partial charge in [-0.3, -0.25) is 9.48 Å². The molecule has 1 unspecified atom stereocenters. The molecule has 0 saturated carbocycles. The maximum atomic E-state index is 12.8. The Labute approximate surface area is 102 Å². The van der Waals surface area contributed by atoms with Crippen LogP contribution in [0.15, 0.2) is 24.4 Å². The van der Waals surface area contributed by atoms with Gasteiger partial charge in [-0.2, -0.15) is 9.49 Å². The van der Waals surface area contributed by atoms with E-state index >= 15 is 0 Å². The molecule has 2 rings (SSSR count). The van der Waals surface area contributed by atoms with Crippen LogP contribution in [0.25, 0.3) is 0 Å². The minimum Gasteiger partial charge on any atom is -0.343 e. The molecule has 0 aliphatic heterocycles. The van der Waals surface area contributed by atoms with Gasteiger partial charge in [-0.25, -0.2) is 0 Å². The van der Waals surface area contributed by atoms with Crippen LogP contribution in [0.2, 0.25) is 0 Å². The molecule has 2 aromatic rings. The lowest BCUT2D eigenvalue weighted by atomic mass is 10.2. The van der Waals surface area contributed by atoms with Crippen LogP contribution in [0.3, 0.4) is 0 Å². The highest BCUT2D eigenvalue weighted by atomic mass is 32.1. The van der Waals surface area contributed by atoms with Crippen LogP contribution in [0.4, 0.5) is 4.39 Å². The van der Waals surface area contributed by atoms with Gasteiger partial charge in [0.05, 0.1) is 16.6 Å². The lowest BCUT2D eigenvalue weighted by Crippen LogP contribution is -2.26. The number of thiophene rings is 1. The summed E-state index contributed by atoms with van der Waals surface area (Å²) >= 11 is 0.834. The number of amides is 1. The van der Waals surface area contributed by atoms with E-state index in [-0.39, 0.29) is 17.1 Å². The highest BCUT2D eigenvalue weighted by molar-refractivity contribution is 7.12. The van der Waals surface area contributed by atoms with Crippen molar-refractivity contribution in [3.8, 4) is 0 Å². The second-order valence-electron chi connectivity index (χ2n) is 3.71. The minimum absolute atomic E-state index is 0.200. The molecule has 17 heavy (non-hydrogen) atoms. The van der Waals surface area contributed by atoms with E-state index in [9.17, 15) is 9.18 Å². The van der Waals surface area contributed by atoms with E-state index in [1.165, 1.54) is 12.1 Å². The molecule has 1 N–H and O–H groups in total. The Hall–Kier alpha value is -1.69. The van der Waals surface area contributed by atoms with Crippen molar-refractivity contribution in [1.29, 1.82) is 0 Å². The molecule has 2 heterocycles. The van der Waals surface area contributed by atoms with Crippen molar-refractivity contribution < 1.29 is 9.18 Å². The molecule has 0 fully saturated rings. The second kappa shape index (κ2) is 4.67. The first-order valence-electron chi connectivity index (χ1n) is 5.12. The first kappa shape index (κ1) is 11.8. The van der Waals surface area contributed by atoms with Crippen LogP contribution in [-0.2, 0) is 7.05 Å². The highest BCUT2D eigenvalue weighted by Gasteiger charge is 2.14. The Morgan fingerprint density at radius 2 is 2.29 bits per heavy atom. The molecule has 0 saturated heterocycles. The predicted octanol–water partition coefficient (Wildman–Crippen LogP) is 2.11. The number of nitrogens with one attached hydrogen (secondary N) is 1. The molecule has 0 aromatic carbocycles. The SMILES string of the molecule is CC(NC(=O)c1ccc(F)s1)c1ccn(C)n1. The zero-order chi connectivity index (χ0) is 12.4. The number of hydrogen-bond donors (Lipinski definition) is 1. The summed E-state index contributed by atoms with van der Waals surface area (Å²) in [5.41, 5.74) is 0.776. The predicted molar refractivity (Wildman–Crippen MR) is 63.4 cm³/mol. The third-order valence-electron chi connectivity index (χ3n) is 2.32. The molecule has 0 radical (unpaired) electrons. The van der Waals surface area contributed by atoms with Crippen LogP contribution < -0.4 is 5.32 Å². The van der Waals surface area contributed by atoms with E-state index in [4.69, 9.17) is 0 Å². The molecular weight excluding hydrogens is 241 g/mol. The Bertz CT molecular complexity index is 534. The lowest BCUT2D eigenvalue weighted by molar-refractivity contribution is 0.0943. The van der Waals surface area contributed by atoms with Crippen LogP contribution in [0, 0.1) is 5.13 Å². The number of nitrogens with zero attached hydrogens (tertiary/aromatic N) is 2. The summed E-state index contributed by atoms with van der Waals surface area (Å²) in [6.45, 7) is 1.84. The zero-order valence-electron chi connectivity index (χ0n) is 9.48. The van der Waals surface area contributed by atoms with E-state index in [0.717, 1.165) is 17.0 Å². The smallest absolute Gasteiger partial charge is 0.261 e. The zero-order valence-corrected chi connectivity index (χ0v) is 10.3. The first-order chi connectivity index (χ1) is 8.06. The number of carbonyl (C=O) groups is 1. The number of hydrogen-bond acceptors (Lipinski definition) is 3. The number of halogens is 1. The van der Waals surface area contributed by atoms with Crippen molar-refractivity contribution in [2.45, 2.75) is 13.0 Å². The van der Waals surface area contributed by atoms with Gasteiger partial charge in [0.15, 0.2) is 5.13 Å². The summed E-state index contributed by atoms with van der Waals surface area (Å²) in [7, 11) is 1.81. The molecule has 1 amide bonds. The number of aryl methyl sites for hydroxylation is 1. The fourth-order valence-corrected chi connectivity index (χ4v) is 2.08. The van der Waals surface area contributed by atoms with Gasteiger partial charge in [-0.05, 0) is 25.1 Å². The average Bonchev–Trinajstić information content (AvgIpc) is 2.87. The van der Waals surface area contributed by atoms with Gasteiger partial charge >= 0.3 is 0 Å². The van der Waals surface area contributed by atoms with Crippen LogP contribution in [0.5, 0.6) is 0 Å². The fraction of sp³-hybridized carbons (Fsp3) is 0.273. The standard InChI is InChI=1S/C11H12FN3OS/c1-7(8-5-6-15(2)14-8)13-11(16)9-3-4-10(12)17-9/h3-7H,1-2H3,(H,13,16). The highest BCUT2D eigenvalue weighted by Crippen LogP contribution is 2.16. The van der Waals surface area contributed by atoms with E-state index in [1.54, 1.807) is 4.68 Å². The third-order valence-corrected chi connectivity index (χ3v) is 3.19. The van der Waals surface area contributed by atoms with Crippen molar-refractivity contribution in [2.75, 3.05) is 0 Å². The first-order valence-corrected chi connectivity index (χ1v) is 5.93. The quantitative estimate of drug-likeness (QED) is 0.910. The van der Waals surface area contributed by atoms with Gasteiger partial charge < -0.3 is 5.32 Å². The molecule has 4 nitrogen and oxygen atoms in total. The number of carbonyl (C=O) groups excluding carboxylic acids is 1. The van der Waals surface area contributed by atoms with Gasteiger partial charge in [-0.15, -0.1) is 11.3 Å². The summed E-state index contributed by atoms with van der Waals surface area (Å²) in [5, 5.41) is 6.60. The molecule has 1 atom stereocenters. The Morgan fingerprint density at radius 1 is 1.53 bits per heavy atom. The van der Waals surface area contributed by atoms with E-state index in [0.29, 0.717) is 4.88 Å². The number of rotatable bonds is 3. The van der Waals surface area contributed by atoms with Gasteiger partial charge in [-0.1, -0.05) is 0 Å². The molecule has 0 aliphatic carbocycles. The van der Waals surface area contributed by atoms with E-state index < -0.39 is 0 Å². The molecule has 6 heteroatoms. The molecule has 2 aromatic heterocycles. The molecular formula is C11H12FN3OS. The van der Waals surface area contributed by atoms with Crippen LogP contribution in [0.1, 0.15) is 28.3 Å². The summed E-state index contributed by atoms with van der Waals surface area (Å²) in [4.78, 5) is 12.1. The average molecular weight is 253 g/mol. The maximum Gasteiger partial charge on any atom is 0.261 e. The number of aromatic nitrogens is 2. The summed E-state index contributed by atoms with van der Waals surface area (Å²) < 4.78 is 14.4. The van der Waals surface area contributed by atoms with Gasteiger partial charge in [0.2, 0.25) is 0 Å². The summed E-state index contributed by atoms with van der Waals surface area (Å²) in [6, 6.07) is 4.39. The normalized spacial score (nSPS) is 12.4. The minimum atomic E-state index is -0.361. The van der Waals surface area contributed by atoms with Crippen molar-refractivity contribution in [3.05, 3.63) is 40.1 Å². The Kier molecular flexibility index (Phi) is 3.23. The third kappa shape index (κ3) is 2.71. The topological polar surface area (TPSA) is 46.9 Å². The van der Waals surface area contributed by atoms with Gasteiger partial charge in [0, 0.05) is 13.2 Å². The van der Waals surface area contributed by atoms with Crippen LogP contribution in [-0.4, -0.2) is 15.7 Å². The summed E-state index contributed by atoms with van der Waals surface area (Å²) in [5.74, 6) is -0.281. The largest absolute Gasteiger partial charge is 0.343 e. The lowest BCUT2D eigenvalue weighted by Gasteiger charge is -2.10. The van der Waals surface area contributed by atoms with E-state index in [2.05, 4.69) is 10.4 Å². The van der Waals surface area contributed by atoms with E-state index in [1.807, 2.05) is 26.2 Å². The molecule has 90 valence electrons. The van der Waals surface area contributed by atoms with Gasteiger partial charge in [0.25, 0.3) is 5.91 Å². The Morgan fingerprint density at radius 3 is 2.82 bits per heavy atom. The molecule has 0 bridgehead atoms. The fourth-order valence-electron chi connectivity index (χ4n) is 1.44. The maximum absolute atomic E-state index is 12.8. The van der Waals surface area contributed by atoms with Crippen molar-refractivity contribution in [3.63, 3.8) is 0 Å². The Balaban J connectivity index is 2.04. The van der Waals surface area contributed by atoms with Gasteiger partial charge in [0.1, 0.15) is 0 Å². The van der Waals surface area contributed by atoms with Crippen LogP contribution >= 0.6 is 11.3 Å². The van der Waals surface area contributed by atoms with Crippen molar-refractivity contribution >= 4 is 17.2 Å². The monoisotopic (exact) mass is 253 g/mol. The summed E-state index contributed by atoms with van der Waals surface area (Å²) in [6.07, 6.45) is 1.81. The van der Waals surface area contributed by atoms with Crippen molar-refractivity contribution in [2.24, 2.45) is 7.05 Å². The van der Waals surface area contributed by atoms with Crippen molar-refractivity contribution in [1.82, 2.24) is 15.1 Å². The molecule has 0 aliphatic rings. The second-order valence-corrected chi connectivity index (χ2v) is 4.75.